The van der Waals surface area contributed by atoms with E-state index in [0.717, 1.165) is 17.9 Å². The molecule has 13 heavy (non-hydrogen) atoms. The zero-order valence-corrected chi connectivity index (χ0v) is 7.19. The molecule has 1 saturated carbocycles. The van der Waals surface area contributed by atoms with Gasteiger partial charge in [0.15, 0.2) is 17.1 Å². The van der Waals surface area contributed by atoms with Crippen molar-refractivity contribution >= 4 is 0 Å². The molecule has 1 heterocycles. The van der Waals surface area contributed by atoms with Crippen LogP contribution in [-0.2, 0) is 0 Å². The molecule has 0 aromatic heterocycles. The number of hydrogen-bond acceptors (Lipinski definition) is 3. The maximum absolute atomic E-state index is 5.79. The molecule has 1 aliphatic carbocycles. The van der Waals surface area contributed by atoms with Gasteiger partial charge in [-0.2, -0.15) is 0 Å². The highest BCUT2D eigenvalue weighted by molar-refractivity contribution is 5.43. The van der Waals surface area contributed by atoms with Crippen molar-refractivity contribution in [2.24, 2.45) is 5.73 Å². The average molecular weight is 177 g/mol. The number of ether oxygens (including phenoxy) is 2. The SMILES string of the molecule is N[C@H]1C[C@@]12COc1ccccc1O2. The van der Waals surface area contributed by atoms with Crippen LogP contribution in [0.2, 0.25) is 0 Å². The van der Waals surface area contributed by atoms with Crippen LogP contribution < -0.4 is 15.2 Å². The second-order valence-corrected chi connectivity index (χ2v) is 3.71. The van der Waals surface area contributed by atoms with Crippen molar-refractivity contribution in [1.29, 1.82) is 0 Å². The van der Waals surface area contributed by atoms with Gasteiger partial charge in [0.05, 0.1) is 6.04 Å². The lowest BCUT2D eigenvalue weighted by molar-refractivity contribution is 0.0674. The monoisotopic (exact) mass is 177 g/mol. The number of fused-ring (bicyclic) bond motifs is 1. The van der Waals surface area contributed by atoms with Crippen molar-refractivity contribution in [2.45, 2.75) is 18.1 Å². The Hall–Kier alpha value is -1.22. The summed E-state index contributed by atoms with van der Waals surface area (Å²) in [5, 5.41) is 0. The molecule has 68 valence electrons. The molecule has 2 N–H and O–H groups in total. The van der Waals surface area contributed by atoms with E-state index in [1.165, 1.54) is 0 Å². The molecule has 1 fully saturated rings. The van der Waals surface area contributed by atoms with Crippen LogP contribution in [0.3, 0.4) is 0 Å². The first-order valence-corrected chi connectivity index (χ1v) is 4.47. The van der Waals surface area contributed by atoms with Crippen LogP contribution in [0.25, 0.3) is 0 Å². The lowest BCUT2D eigenvalue weighted by Gasteiger charge is -2.26. The molecule has 0 unspecified atom stereocenters. The van der Waals surface area contributed by atoms with Crippen molar-refractivity contribution in [3.05, 3.63) is 24.3 Å². The summed E-state index contributed by atoms with van der Waals surface area (Å²) in [6.45, 7) is 0.588. The predicted octanol–water partition coefficient (Wildman–Crippen LogP) is 0.928. The molecule has 1 aliphatic heterocycles. The fourth-order valence-electron chi connectivity index (χ4n) is 1.70. The molecule has 2 aliphatic rings. The average Bonchev–Trinajstić information content (AvgIpc) is 2.76. The minimum absolute atomic E-state index is 0.140. The highest BCUT2D eigenvalue weighted by Crippen LogP contribution is 2.45. The van der Waals surface area contributed by atoms with E-state index < -0.39 is 0 Å². The molecule has 3 rings (SSSR count). The van der Waals surface area contributed by atoms with E-state index in [1.54, 1.807) is 0 Å². The number of para-hydroxylation sites is 2. The Balaban J connectivity index is 1.96. The van der Waals surface area contributed by atoms with Gasteiger partial charge in [0.25, 0.3) is 0 Å². The van der Waals surface area contributed by atoms with Crippen molar-refractivity contribution in [3.8, 4) is 11.5 Å². The summed E-state index contributed by atoms with van der Waals surface area (Å²) < 4.78 is 11.4. The van der Waals surface area contributed by atoms with Gasteiger partial charge in [0, 0.05) is 6.42 Å². The standard InChI is InChI=1S/C10H11NO2/c11-9-5-10(9)6-12-7-3-1-2-4-8(7)13-10/h1-4,9H,5-6,11H2/t9-,10+/m0/s1. The van der Waals surface area contributed by atoms with Gasteiger partial charge < -0.3 is 15.2 Å². The molecule has 0 radical (unpaired) electrons. The smallest absolute Gasteiger partial charge is 0.162 e. The van der Waals surface area contributed by atoms with E-state index in [4.69, 9.17) is 15.2 Å². The van der Waals surface area contributed by atoms with E-state index in [0.29, 0.717) is 6.61 Å². The van der Waals surface area contributed by atoms with Gasteiger partial charge in [-0.05, 0) is 12.1 Å². The maximum Gasteiger partial charge on any atom is 0.162 e. The zero-order chi connectivity index (χ0) is 8.89. The molecule has 0 bridgehead atoms. The molecule has 0 saturated heterocycles. The van der Waals surface area contributed by atoms with Crippen molar-refractivity contribution in [1.82, 2.24) is 0 Å². The third kappa shape index (κ3) is 0.937. The minimum atomic E-state index is -0.214. The van der Waals surface area contributed by atoms with Crippen molar-refractivity contribution in [2.75, 3.05) is 6.61 Å². The van der Waals surface area contributed by atoms with E-state index in [9.17, 15) is 0 Å². The fourth-order valence-corrected chi connectivity index (χ4v) is 1.70. The molecule has 1 aromatic carbocycles. The topological polar surface area (TPSA) is 44.5 Å². The molecule has 3 heteroatoms. The van der Waals surface area contributed by atoms with Gasteiger partial charge >= 0.3 is 0 Å². The molecule has 1 spiro atoms. The maximum atomic E-state index is 5.79. The van der Waals surface area contributed by atoms with Crippen LogP contribution >= 0.6 is 0 Å². The number of rotatable bonds is 0. The summed E-state index contributed by atoms with van der Waals surface area (Å²) in [7, 11) is 0. The van der Waals surface area contributed by atoms with E-state index in [-0.39, 0.29) is 11.6 Å². The Morgan fingerprint density at radius 1 is 1.31 bits per heavy atom. The Kier molecular flexibility index (Phi) is 1.21. The van der Waals surface area contributed by atoms with Gasteiger partial charge in [-0.3, -0.25) is 0 Å². The third-order valence-corrected chi connectivity index (χ3v) is 2.72. The van der Waals surface area contributed by atoms with Crippen LogP contribution in [0.5, 0.6) is 11.5 Å². The number of benzene rings is 1. The van der Waals surface area contributed by atoms with Gasteiger partial charge in [-0.1, -0.05) is 12.1 Å². The predicted molar refractivity (Wildman–Crippen MR) is 47.9 cm³/mol. The normalized spacial score (nSPS) is 34.7. The summed E-state index contributed by atoms with van der Waals surface area (Å²) in [6, 6.07) is 7.85. The van der Waals surface area contributed by atoms with E-state index >= 15 is 0 Å². The summed E-state index contributed by atoms with van der Waals surface area (Å²) in [4.78, 5) is 0. The number of nitrogens with two attached hydrogens (primary N) is 1. The summed E-state index contributed by atoms with van der Waals surface area (Å²) in [6.07, 6.45) is 0.904. The Morgan fingerprint density at radius 3 is 2.69 bits per heavy atom. The van der Waals surface area contributed by atoms with E-state index in [2.05, 4.69) is 0 Å². The van der Waals surface area contributed by atoms with Crippen LogP contribution in [0.1, 0.15) is 6.42 Å². The quantitative estimate of drug-likeness (QED) is 0.641. The van der Waals surface area contributed by atoms with Gasteiger partial charge in [0.2, 0.25) is 0 Å². The van der Waals surface area contributed by atoms with Crippen molar-refractivity contribution < 1.29 is 9.47 Å². The molecule has 2 atom stereocenters. The van der Waals surface area contributed by atoms with Crippen LogP contribution in [0.15, 0.2) is 24.3 Å². The lowest BCUT2D eigenvalue weighted by Crippen LogP contribution is -2.37. The summed E-state index contributed by atoms with van der Waals surface area (Å²) >= 11 is 0. The number of hydrogen-bond donors (Lipinski definition) is 1. The third-order valence-electron chi connectivity index (χ3n) is 2.72. The Labute approximate surface area is 76.4 Å². The Bertz CT molecular complexity index is 353. The van der Waals surface area contributed by atoms with Crippen LogP contribution in [-0.4, -0.2) is 18.2 Å². The van der Waals surface area contributed by atoms with Crippen molar-refractivity contribution in [3.63, 3.8) is 0 Å². The molecule has 3 nitrogen and oxygen atoms in total. The second-order valence-electron chi connectivity index (χ2n) is 3.71. The minimum Gasteiger partial charge on any atom is -0.485 e. The Morgan fingerprint density at radius 2 is 2.00 bits per heavy atom. The van der Waals surface area contributed by atoms with Crippen LogP contribution in [0.4, 0.5) is 0 Å². The zero-order valence-electron chi connectivity index (χ0n) is 7.19. The second kappa shape index (κ2) is 2.17. The first-order chi connectivity index (χ1) is 6.30. The fraction of sp³-hybridized carbons (Fsp3) is 0.400. The lowest BCUT2D eigenvalue weighted by atomic mass is 10.2. The first kappa shape index (κ1) is 7.21. The molecule has 0 amide bonds. The first-order valence-electron chi connectivity index (χ1n) is 4.47. The highest BCUT2D eigenvalue weighted by atomic mass is 16.6. The largest absolute Gasteiger partial charge is 0.485 e. The molecule has 1 aromatic rings. The van der Waals surface area contributed by atoms with Gasteiger partial charge in [0.1, 0.15) is 6.61 Å². The highest BCUT2D eigenvalue weighted by Gasteiger charge is 2.57. The molecular weight excluding hydrogens is 166 g/mol. The molecular formula is C10H11NO2. The van der Waals surface area contributed by atoms with E-state index in [1.807, 2.05) is 24.3 Å². The summed E-state index contributed by atoms with van der Waals surface area (Å²) in [5.41, 5.74) is 5.57. The summed E-state index contributed by atoms with van der Waals surface area (Å²) in [5.74, 6) is 1.65. The van der Waals surface area contributed by atoms with Gasteiger partial charge in [-0.15, -0.1) is 0 Å². The van der Waals surface area contributed by atoms with Gasteiger partial charge in [-0.25, -0.2) is 0 Å². The van der Waals surface area contributed by atoms with Crippen LogP contribution in [0, 0.1) is 0 Å².